The molecule has 0 aliphatic heterocycles. The molecule has 0 aliphatic rings. The van der Waals surface area contributed by atoms with Crippen LogP contribution in [0.4, 0.5) is 0 Å². The lowest BCUT2D eigenvalue weighted by atomic mass is 10.2. The minimum Gasteiger partial charge on any atom is -0.352 e. The summed E-state index contributed by atoms with van der Waals surface area (Å²) in [6.07, 6.45) is 6.43. The highest BCUT2D eigenvalue weighted by Gasteiger charge is 2.12. The number of carbonyl (C=O) groups excluding carboxylic acids is 1. The lowest BCUT2D eigenvalue weighted by molar-refractivity contribution is 0.0952. The molecule has 1 N–H and O–H groups in total. The van der Waals surface area contributed by atoms with Gasteiger partial charge in [0, 0.05) is 18.8 Å². The Morgan fingerprint density at radius 2 is 2.26 bits per heavy atom. The van der Waals surface area contributed by atoms with E-state index >= 15 is 0 Å². The summed E-state index contributed by atoms with van der Waals surface area (Å²) in [6, 6.07) is 1.89. The van der Waals surface area contributed by atoms with Gasteiger partial charge in [-0.05, 0) is 27.2 Å². The molecule has 0 saturated heterocycles. The van der Waals surface area contributed by atoms with Gasteiger partial charge in [-0.15, -0.1) is 0 Å². The molecule has 0 aliphatic carbocycles. The SMILES string of the molecule is C/C=C/CCNC(=O)c1cnc2cc(C)nn2c1C. The van der Waals surface area contributed by atoms with Crippen molar-refractivity contribution in [2.75, 3.05) is 6.54 Å². The predicted molar refractivity (Wildman–Crippen MR) is 74.2 cm³/mol. The van der Waals surface area contributed by atoms with Gasteiger partial charge >= 0.3 is 0 Å². The summed E-state index contributed by atoms with van der Waals surface area (Å²) in [5, 5.41) is 7.20. The largest absolute Gasteiger partial charge is 0.352 e. The van der Waals surface area contributed by atoms with E-state index in [1.54, 1.807) is 10.7 Å². The number of aromatic nitrogens is 3. The van der Waals surface area contributed by atoms with Gasteiger partial charge in [-0.2, -0.15) is 5.10 Å². The van der Waals surface area contributed by atoms with Crippen LogP contribution >= 0.6 is 0 Å². The van der Waals surface area contributed by atoms with Crippen molar-refractivity contribution in [2.24, 2.45) is 0 Å². The summed E-state index contributed by atoms with van der Waals surface area (Å²) < 4.78 is 1.70. The average molecular weight is 258 g/mol. The van der Waals surface area contributed by atoms with Crippen molar-refractivity contribution in [1.29, 1.82) is 0 Å². The molecule has 0 atom stereocenters. The molecule has 2 aromatic heterocycles. The molecular formula is C14H18N4O. The molecule has 2 rings (SSSR count). The standard InChI is InChI=1S/C14H18N4O/c1-4-5-6-7-15-14(19)12-9-16-13-8-10(2)17-18(13)11(12)3/h4-5,8-9H,6-7H2,1-3H3,(H,15,19)/b5-4+. The number of allylic oxidation sites excluding steroid dienone is 1. The van der Waals surface area contributed by atoms with Crippen molar-refractivity contribution in [3.05, 3.63) is 41.4 Å². The Morgan fingerprint density at radius 1 is 1.47 bits per heavy atom. The topological polar surface area (TPSA) is 59.3 Å². The first-order chi connectivity index (χ1) is 9.13. The number of nitrogens with one attached hydrogen (secondary N) is 1. The summed E-state index contributed by atoms with van der Waals surface area (Å²) >= 11 is 0. The van der Waals surface area contributed by atoms with E-state index in [1.165, 1.54) is 0 Å². The number of carbonyl (C=O) groups is 1. The number of fused-ring (bicyclic) bond motifs is 1. The van der Waals surface area contributed by atoms with Crippen LogP contribution in [0.1, 0.15) is 35.1 Å². The molecule has 0 unspecified atom stereocenters. The fraction of sp³-hybridized carbons (Fsp3) is 0.357. The highest BCUT2D eigenvalue weighted by Crippen LogP contribution is 2.10. The maximum absolute atomic E-state index is 12.1. The lowest BCUT2D eigenvalue weighted by Gasteiger charge is -2.07. The molecule has 0 aromatic carbocycles. The van der Waals surface area contributed by atoms with E-state index in [1.807, 2.05) is 39.0 Å². The summed E-state index contributed by atoms with van der Waals surface area (Å²) in [5.41, 5.74) is 3.03. The Balaban J connectivity index is 2.20. The fourth-order valence-corrected chi connectivity index (χ4v) is 1.92. The van der Waals surface area contributed by atoms with Crippen molar-refractivity contribution in [2.45, 2.75) is 27.2 Å². The van der Waals surface area contributed by atoms with Crippen LogP contribution in [-0.4, -0.2) is 27.0 Å². The van der Waals surface area contributed by atoms with Gasteiger partial charge in [0.25, 0.3) is 5.91 Å². The molecule has 2 aromatic rings. The predicted octanol–water partition coefficient (Wildman–Crippen LogP) is 2.04. The zero-order valence-corrected chi connectivity index (χ0v) is 11.5. The molecule has 0 fully saturated rings. The van der Waals surface area contributed by atoms with Gasteiger partial charge in [-0.25, -0.2) is 9.50 Å². The van der Waals surface area contributed by atoms with E-state index in [9.17, 15) is 4.79 Å². The van der Waals surface area contributed by atoms with E-state index in [2.05, 4.69) is 15.4 Å². The number of rotatable bonds is 4. The molecule has 0 saturated carbocycles. The molecule has 0 bridgehead atoms. The minimum atomic E-state index is -0.107. The van der Waals surface area contributed by atoms with Gasteiger partial charge < -0.3 is 5.32 Å². The number of hydrogen-bond donors (Lipinski definition) is 1. The number of hydrogen-bond acceptors (Lipinski definition) is 3. The Labute approximate surface area is 112 Å². The van der Waals surface area contributed by atoms with Crippen LogP contribution in [0.5, 0.6) is 0 Å². The maximum Gasteiger partial charge on any atom is 0.254 e. The summed E-state index contributed by atoms with van der Waals surface area (Å²) in [7, 11) is 0. The first-order valence-corrected chi connectivity index (χ1v) is 6.35. The molecule has 100 valence electrons. The van der Waals surface area contributed by atoms with Gasteiger partial charge in [0.2, 0.25) is 0 Å². The van der Waals surface area contributed by atoms with Crippen molar-refractivity contribution in [1.82, 2.24) is 19.9 Å². The maximum atomic E-state index is 12.1. The van der Waals surface area contributed by atoms with E-state index < -0.39 is 0 Å². The zero-order valence-electron chi connectivity index (χ0n) is 11.5. The van der Waals surface area contributed by atoms with Crippen LogP contribution < -0.4 is 5.32 Å². The Morgan fingerprint density at radius 3 is 3.00 bits per heavy atom. The molecule has 5 heteroatoms. The molecule has 2 heterocycles. The van der Waals surface area contributed by atoms with Gasteiger partial charge in [0.1, 0.15) is 0 Å². The van der Waals surface area contributed by atoms with Gasteiger partial charge in [0.15, 0.2) is 5.65 Å². The quantitative estimate of drug-likeness (QED) is 0.674. The van der Waals surface area contributed by atoms with Crippen LogP contribution in [0.25, 0.3) is 5.65 Å². The van der Waals surface area contributed by atoms with Crippen LogP contribution in [0.3, 0.4) is 0 Å². The monoisotopic (exact) mass is 258 g/mol. The highest BCUT2D eigenvalue weighted by atomic mass is 16.1. The van der Waals surface area contributed by atoms with E-state index in [0.717, 1.165) is 23.5 Å². The van der Waals surface area contributed by atoms with Gasteiger partial charge in [-0.1, -0.05) is 12.2 Å². The summed E-state index contributed by atoms with van der Waals surface area (Å²) in [4.78, 5) is 16.3. The Bertz CT molecular complexity index is 628. The second-order valence-corrected chi connectivity index (χ2v) is 4.43. The van der Waals surface area contributed by atoms with Crippen LogP contribution in [0, 0.1) is 13.8 Å². The number of nitrogens with zero attached hydrogens (tertiary/aromatic N) is 3. The van der Waals surface area contributed by atoms with Crippen LogP contribution in [0.2, 0.25) is 0 Å². The smallest absolute Gasteiger partial charge is 0.254 e. The third kappa shape index (κ3) is 2.81. The summed E-state index contributed by atoms with van der Waals surface area (Å²) in [5.74, 6) is -0.107. The molecule has 0 spiro atoms. The highest BCUT2D eigenvalue weighted by molar-refractivity contribution is 5.95. The van der Waals surface area contributed by atoms with Crippen molar-refractivity contribution >= 4 is 11.6 Å². The van der Waals surface area contributed by atoms with Crippen molar-refractivity contribution in [3.8, 4) is 0 Å². The van der Waals surface area contributed by atoms with Gasteiger partial charge in [-0.3, -0.25) is 4.79 Å². The average Bonchev–Trinajstić information content (AvgIpc) is 2.76. The van der Waals surface area contributed by atoms with E-state index in [-0.39, 0.29) is 5.91 Å². The second-order valence-electron chi connectivity index (χ2n) is 4.43. The fourth-order valence-electron chi connectivity index (χ4n) is 1.92. The number of amides is 1. The molecule has 19 heavy (non-hydrogen) atoms. The zero-order chi connectivity index (χ0) is 13.8. The molecular weight excluding hydrogens is 240 g/mol. The second kappa shape index (κ2) is 5.65. The summed E-state index contributed by atoms with van der Waals surface area (Å²) in [6.45, 7) is 6.37. The van der Waals surface area contributed by atoms with E-state index in [0.29, 0.717) is 12.1 Å². The van der Waals surface area contributed by atoms with Crippen LogP contribution in [-0.2, 0) is 0 Å². The lowest BCUT2D eigenvalue weighted by Crippen LogP contribution is -2.26. The Kier molecular flexibility index (Phi) is 3.94. The number of aryl methyl sites for hydroxylation is 2. The van der Waals surface area contributed by atoms with E-state index in [4.69, 9.17) is 0 Å². The van der Waals surface area contributed by atoms with Crippen molar-refractivity contribution < 1.29 is 4.79 Å². The third-order valence-corrected chi connectivity index (χ3v) is 2.92. The third-order valence-electron chi connectivity index (χ3n) is 2.92. The van der Waals surface area contributed by atoms with Crippen molar-refractivity contribution in [3.63, 3.8) is 0 Å². The molecule has 5 nitrogen and oxygen atoms in total. The Hall–Kier alpha value is -2.17. The molecule has 1 amide bonds. The van der Waals surface area contributed by atoms with Crippen LogP contribution in [0.15, 0.2) is 24.4 Å². The first kappa shape index (κ1) is 13.3. The molecule has 0 radical (unpaired) electrons. The minimum absolute atomic E-state index is 0.107. The normalized spacial score (nSPS) is 11.3. The first-order valence-electron chi connectivity index (χ1n) is 6.35. The van der Waals surface area contributed by atoms with Gasteiger partial charge in [0.05, 0.1) is 17.0 Å².